The van der Waals surface area contributed by atoms with Gasteiger partial charge in [-0.3, -0.25) is 4.79 Å². The first-order chi connectivity index (χ1) is 15.4. The number of hydrogen-bond donors (Lipinski definition) is 2. The number of carbonyl (C=O) groups is 1. The normalized spacial score (nSPS) is 13.1. The molecule has 8 heteroatoms. The number of aromatic nitrogens is 3. The van der Waals surface area contributed by atoms with Crippen molar-refractivity contribution in [2.75, 3.05) is 0 Å². The highest BCUT2D eigenvalue weighted by molar-refractivity contribution is 5.84. The van der Waals surface area contributed by atoms with Crippen molar-refractivity contribution in [3.63, 3.8) is 0 Å². The molecular weight excluding hydrogens is 410 g/mol. The largest absolute Gasteiger partial charge is 0.393 e. The fraction of sp³-hybridized carbons (Fsp3) is 0.250. The van der Waals surface area contributed by atoms with Crippen LogP contribution in [0.15, 0.2) is 63.6 Å². The Morgan fingerprint density at radius 2 is 1.69 bits per heavy atom. The van der Waals surface area contributed by atoms with Gasteiger partial charge < -0.3 is 19.3 Å². The van der Waals surface area contributed by atoms with Gasteiger partial charge in [0.1, 0.15) is 11.8 Å². The Morgan fingerprint density at radius 3 is 2.38 bits per heavy atom. The van der Waals surface area contributed by atoms with Gasteiger partial charge in [-0.15, -0.1) is 0 Å². The van der Waals surface area contributed by atoms with Gasteiger partial charge in [-0.2, -0.15) is 4.98 Å². The van der Waals surface area contributed by atoms with E-state index in [9.17, 15) is 15.0 Å². The molecule has 0 amide bonds. The summed E-state index contributed by atoms with van der Waals surface area (Å²) < 4.78 is 10.9. The molecule has 0 aliphatic carbocycles. The van der Waals surface area contributed by atoms with Gasteiger partial charge in [0.15, 0.2) is 5.78 Å². The number of benzene rings is 2. The van der Waals surface area contributed by atoms with Crippen molar-refractivity contribution >= 4 is 5.78 Å². The zero-order valence-corrected chi connectivity index (χ0v) is 17.7. The third kappa shape index (κ3) is 4.51. The monoisotopic (exact) mass is 433 g/mol. The first kappa shape index (κ1) is 21.6. The average Bonchev–Trinajstić information content (AvgIpc) is 3.44. The molecule has 4 rings (SSSR count). The zero-order chi connectivity index (χ0) is 22.7. The van der Waals surface area contributed by atoms with Crippen LogP contribution in [0.4, 0.5) is 0 Å². The molecule has 164 valence electrons. The van der Waals surface area contributed by atoms with Crippen LogP contribution in [-0.2, 0) is 4.79 Å². The highest BCUT2D eigenvalue weighted by atomic mass is 16.5. The van der Waals surface area contributed by atoms with E-state index < -0.39 is 12.2 Å². The Balaban J connectivity index is 1.51. The Hall–Kier alpha value is -3.62. The van der Waals surface area contributed by atoms with E-state index in [-0.39, 0.29) is 18.1 Å². The molecule has 8 nitrogen and oxygen atoms in total. The summed E-state index contributed by atoms with van der Waals surface area (Å²) in [6.45, 7) is 3.49. The molecule has 2 atom stereocenters. The predicted molar refractivity (Wildman–Crippen MR) is 116 cm³/mol. The van der Waals surface area contributed by atoms with Crippen LogP contribution in [0.5, 0.6) is 0 Å². The molecule has 0 bridgehead atoms. The molecule has 2 aromatic heterocycles. The minimum atomic E-state index is -1.24. The number of ketones is 1. The van der Waals surface area contributed by atoms with Crippen molar-refractivity contribution in [1.29, 1.82) is 0 Å². The summed E-state index contributed by atoms with van der Waals surface area (Å²) in [5, 5.41) is 27.7. The number of nitrogens with zero attached hydrogens (tertiary/aromatic N) is 3. The maximum Gasteiger partial charge on any atom is 0.297 e. The van der Waals surface area contributed by atoms with Crippen molar-refractivity contribution in [3.8, 4) is 34.3 Å². The van der Waals surface area contributed by atoms with E-state index in [1.165, 1.54) is 0 Å². The number of Topliss-reactive ketones (excluding diaryl/α,β-unsaturated/α-hetero) is 1. The molecule has 0 spiro atoms. The standard InChI is InChI=1S/C24H23N3O5/c1-14(28)8-13-19(29)21(30)17-9-11-18(12-10-17)23-25-24(32-27-23)22-15(2)20(26-31-22)16-6-4-3-5-7-16/h3-7,9-12,14,21,28,30H,8,13H2,1-2H3/t14-,21?/m0/s1. The molecular formula is C24H23N3O5. The first-order valence-corrected chi connectivity index (χ1v) is 10.3. The van der Waals surface area contributed by atoms with E-state index in [2.05, 4.69) is 15.3 Å². The third-order valence-corrected chi connectivity index (χ3v) is 5.19. The Morgan fingerprint density at radius 1 is 0.969 bits per heavy atom. The molecule has 0 saturated carbocycles. The van der Waals surface area contributed by atoms with E-state index in [0.29, 0.717) is 34.8 Å². The Bertz CT molecular complexity index is 1200. The van der Waals surface area contributed by atoms with Gasteiger partial charge in [0.25, 0.3) is 5.89 Å². The van der Waals surface area contributed by atoms with Gasteiger partial charge in [0.05, 0.1) is 6.10 Å². The number of carbonyl (C=O) groups excluding carboxylic acids is 1. The van der Waals surface area contributed by atoms with Crippen molar-refractivity contribution in [1.82, 2.24) is 15.3 Å². The van der Waals surface area contributed by atoms with Gasteiger partial charge >= 0.3 is 0 Å². The number of aliphatic hydroxyl groups is 2. The van der Waals surface area contributed by atoms with Crippen LogP contribution >= 0.6 is 0 Å². The Labute approximate surface area is 184 Å². The predicted octanol–water partition coefficient (Wildman–Crippen LogP) is 4.13. The maximum absolute atomic E-state index is 12.1. The molecule has 4 aromatic rings. The summed E-state index contributed by atoms with van der Waals surface area (Å²) in [5.41, 5.74) is 3.55. The summed E-state index contributed by atoms with van der Waals surface area (Å²) in [5.74, 6) is 0.622. The molecule has 0 radical (unpaired) electrons. The number of hydrogen-bond acceptors (Lipinski definition) is 8. The summed E-state index contributed by atoms with van der Waals surface area (Å²) in [4.78, 5) is 16.5. The zero-order valence-electron chi connectivity index (χ0n) is 17.7. The summed E-state index contributed by atoms with van der Waals surface area (Å²) in [6.07, 6.45) is -1.40. The maximum atomic E-state index is 12.1. The fourth-order valence-electron chi connectivity index (χ4n) is 3.32. The van der Waals surface area contributed by atoms with Gasteiger partial charge in [-0.25, -0.2) is 0 Å². The molecule has 2 heterocycles. The van der Waals surface area contributed by atoms with Crippen LogP contribution in [-0.4, -0.2) is 37.4 Å². The van der Waals surface area contributed by atoms with Gasteiger partial charge in [0, 0.05) is 23.1 Å². The first-order valence-electron chi connectivity index (χ1n) is 10.3. The molecule has 0 aliphatic heterocycles. The van der Waals surface area contributed by atoms with Crippen LogP contribution in [0.2, 0.25) is 0 Å². The lowest BCUT2D eigenvalue weighted by Crippen LogP contribution is -2.14. The molecule has 0 aliphatic rings. The molecule has 2 N–H and O–H groups in total. The number of rotatable bonds is 8. The topological polar surface area (TPSA) is 122 Å². The molecule has 2 aromatic carbocycles. The van der Waals surface area contributed by atoms with E-state index in [1.807, 2.05) is 37.3 Å². The minimum absolute atomic E-state index is 0.107. The van der Waals surface area contributed by atoms with Crippen LogP contribution < -0.4 is 0 Å². The molecule has 0 fully saturated rings. The van der Waals surface area contributed by atoms with Crippen LogP contribution in [0, 0.1) is 6.92 Å². The second kappa shape index (κ2) is 9.25. The summed E-state index contributed by atoms with van der Waals surface area (Å²) in [6, 6.07) is 16.4. The molecule has 32 heavy (non-hydrogen) atoms. The van der Waals surface area contributed by atoms with Gasteiger partial charge in [-0.05, 0) is 25.8 Å². The van der Waals surface area contributed by atoms with Crippen molar-refractivity contribution in [2.24, 2.45) is 0 Å². The van der Waals surface area contributed by atoms with Crippen LogP contribution in [0.1, 0.15) is 37.0 Å². The van der Waals surface area contributed by atoms with E-state index >= 15 is 0 Å². The lowest BCUT2D eigenvalue weighted by molar-refractivity contribution is -0.127. The van der Waals surface area contributed by atoms with Crippen molar-refractivity contribution in [2.45, 2.75) is 38.9 Å². The Kier molecular flexibility index (Phi) is 6.25. The molecule has 1 unspecified atom stereocenters. The fourth-order valence-corrected chi connectivity index (χ4v) is 3.32. The van der Waals surface area contributed by atoms with Gasteiger partial charge in [-0.1, -0.05) is 64.9 Å². The van der Waals surface area contributed by atoms with Crippen molar-refractivity contribution < 1.29 is 24.1 Å². The highest BCUT2D eigenvalue weighted by Crippen LogP contribution is 2.31. The van der Waals surface area contributed by atoms with Gasteiger partial charge in [0.2, 0.25) is 11.6 Å². The smallest absolute Gasteiger partial charge is 0.297 e. The lowest BCUT2D eigenvalue weighted by Gasteiger charge is -2.11. The van der Waals surface area contributed by atoms with Crippen molar-refractivity contribution in [3.05, 3.63) is 65.7 Å². The van der Waals surface area contributed by atoms with E-state index in [0.717, 1.165) is 11.1 Å². The second-order valence-corrected chi connectivity index (χ2v) is 7.65. The van der Waals surface area contributed by atoms with E-state index in [4.69, 9.17) is 9.05 Å². The quantitative estimate of drug-likeness (QED) is 0.425. The van der Waals surface area contributed by atoms with Crippen LogP contribution in [0.3, 0.4) is 0 Å². The van der Waals surface area contributed by atoms with Crippen LogP contribution in [0.25, 0.3) is 34.3 Å². The third-order valence-electron chi connectivity index (χ3n) is 5.19. The second-order valence-electron chi connectivity index (χ2n) is 7.65. The lowest BCUT2D eigenvalue weighted by atomic mass is 10.00. The molecule has 0 saturated heterocycles. The minimum Gasteiger partial charge on any atom is -0.393 e. The summed E-state index contributed by atoms with van der Waals surface area (Å²) in [7, 11) is 0. The SMILES string of the molecule is Cc1c(-c2ccccc2)noc1-c1nc(-c2ccc(C(O)C(=O)CC[C@H](C)O)cc2)no1. The number of aliphatic hydroxyl groups excluding tert-OH is 2. The average molecular weight is 433 g/mol. The highest BCUT2D eigenvalue weighted by Gasteiger charge is 2.22. The summed E-state index contributed by atoms with van der Waals surface area (Å²) >= 11 is 0. The van der Waals surface area contributed by atoms with E-state index in [1.54, 1.807) is 31.2 Å².